The Morgan fingerprint density at radius 2 is 1.03 bits per heavy atom. The van der Waals surface area contributed by atoms with Gasteiger partial charge in [-0.25, -0.2) is 9.97 Å². The molecule has 4 rings (SSSR count). The third-order valence-corrected chi connectivity index (χ3v) is 3.76. The van der Waals surface area contributed by atoms with Gasteiger partial charge in [0.1, 0.15) is 11.5 Å². The first-order chi connectivity index (χ1) is 13.3. The van der Waals surface area contributed by atoms with Crippen molar-refractivity contribution in [3.05, 3.63) is 72.1 Å². The van der Waals surface area contributed by atoms with Gasteiger partial charge in [-0.1, -0.05) is 12.1 Å². The number of carboxylic acids is 2. The van der Waals surface area contributed by atoms with E-state index in [1.807, 2.05) is 0 Å². The van der Waals surface area contributed by atoms with E-state index in [2.05, 4.69) is 9.97 Å². The summed E-state index contributed by atoms with van der Waals surface area (Å²) in [7, 11) is 0. The fourth-order valence-electron chi connectivity index (χ4n) is 2.45. The molecule has 2 aromatic heterocycles. The normalized spacial score (nSPS) is 9.93. The summed E-state index contributed by atoms with van der Waals surface area (Å²) in [5.41, 5.74) is 0.820. The number of pyridine rings is 2. The first-order valence-electron chi connectivity index (χ1n) is 7.96. The Morgan fingerprint density at radius 1 is 0.655 bits per heavy atom. The molecule has 0 radical (unpaired) electrons. The van der Waals surface area contributed by atoms with Crippen molar-refractivity contribution in [1.82, 2.24) is 9.97 Å². The summed E-state index contributed by atoms with van der Waals surface area (Å²) >= 11 is 0. The molecule has 29 heavy (non-hydrogen) atoms. The van der Waals surface area contributed by atoms with Crippen LogP contribution in [0.5, 0.6) is 11.5 Å². The summed E-state index contributed by atoms with van der Waals surface area (Å²) in [6.45, 7) is 0. The van der Waals surface area contributed by atoms with Gasteiger partial charge in [0.2, 0.25) is 0 Å². The fourth-order valence-corrected chi connectivity index (χ4v) is 2.45. The fraction of sp³-hybridized carbons (Fsp3) is 0. The Hall–Kier alpha value is -3.58. The summed E-state index contributed by atoms with van der Waals surface area (Å²) in [6, 6.07) is 14.9. The number of carbonyl (C=O) groups is 2. The maximum atomic E-state index is 10.5. The van der Waals surface area contributed by atoms with Gasteiger partial charge in [-0.3, -0.25) is 0 Å². The number of phenolic OH excluding ortho intramolecular Hbond substituents is 2. The van der Waals surface area contributed by atoms with Gasteiger partial charge in [0.25, 0.3) is 0 Å². The maximum absolute atomic E-state index is 10.5. The van der Waals surface area contributed by atoms with E-state index in [0.717, 1.165) is 0 Å². The van der Waals surface area contributed by atoms with Crippen molar-refractivity contribution in [3.63, 3.8) is 0 Å². The molecule has 140 valence electrons. The maximum Gasteiger partial charge on any atom is 2.00 e. The minimum Gasteiger partial charge on any atom is -0.543 e. The van der Waals surface area contributed by atoms with Crippen LogP contribution in [-0.4, -0.2) is 32.1 Å². The molecule has 0 aliphatic carbocycles. The second kappa shape index (κ2) is 9.08. The number of carboxylic acid groups (broad SMARTS) is 2. The summed E-state index contributed by atoms with van der Waals surface area (Å²) in [5.74, 6) is -2.36. The summed E-state index contributed by atoms with van der Waals surface area (Å²) in [6.07, 6.45) is 0. The van der Waals surface area contributed by atoms with Crippen LogP contribution in [0.2, 0.25) is 0 Å². The number of hydrogen-bond acceptors (Lipinski definition) is 8. The van der Waals surface area contributed by atoms with Crippen LogP contribution in [0.25, 0.3) is 21.8 Å². The third kappa shape index (κ3) is 5.24. The Labute approximate surface area is 176 Å². The molecule has 2 N–H and O–H groups in total. The Morgan fingerprint density at radius 3 is 1.38 bits per heavy atom. The number of aromatic hydroxyl groups is 2. The summed E-state index contributed by atoms with van der Waals surface area (Å²) in [5, 5.41) is 40.7. The minimum atomic E-state index is -1.31. The Balaban J connectivity index is 0.000000200. The Bertz CT molecular complexity index is 1120. The van der Waals surface area contributed by atoms with Crippen molar-refractivity contribution in [1.29, 1.82) is 0 Å². The first kappa shape index (κ1) is 21.7. The van der Waals surface area contributed by atoms with Crippen LogP contribution in [0.1, 0.15) is 21.0 Å². The molecule has 4 aromatic rings. The van der Waals surface area contributed by atoms with E-state index in [4.69, 9.17) is 10.2 Å². The number of phenols is 2. The molecular weight excluding hydrogens is 430 g/mol. The molecule has 0 spiro atoms. The second-order valence-corrected chi connectivity index (χ2v) is 5.72. The van der Waals surface area contributed by atoms with Crippen molar-refractivity contribution >= 4 is 33.7 Å². The summed E-state index contributed by atoms with van der Waals surface area (Å²) in [4.78, 5) is 28.7. The standard InChI is InChI=1S/2C10H7NO3.Zn/c2*12-7-2-4-8-6(5-7)1-3-9(11-8)10(13)14;/h2*1-5,12H,(H,13,14);/q;;+2/p-2. The number of fused-ring (bicyclic) bond motifs is 2. The van der Waals surface area contributed by atoms with E-state index < -0.39 is 11.9 Å². The number of rotatable bonds is 2. The van der Waals surface area contributed by atoms with Crippen LogP contribution < -0.4 is 10.2 Å². The summed E-state index contributed by atoms with van der Waals surface area (Å²) < 4.78 is 0. The zero-order valence-electron chi connectivity index (χ0n) is 14.9. The first-order valence-corrected chi connectivity index (χ1v) is 7.96. The third-order valence-electron chi connectivity index (χ3n) is 3.76. The van der Waals surface area contributed by atoms with E-state index in [9.17, 15) is 19.8 Å². The van der Waals surface area contributed by atoms with Crippen molar-refractivity contribution < 1.29 is 49.5 Å². The van der Waals surface area contributed by atoms with E-state index in [0.29, 0.717) is 21.8 Å². The number of benzene rings is 2. The van der Waals surface area contributed by atoms with Gasteiger partial charge >= 0.3 is 19.5 Å². The molecule has 0 saturated heterocycles. The van der Waals surface area contributed by atoms with Crippen molar-refractivity contribution in [2.75, 3.05) is 0 Å². The smallest absolute Gasteiger partial charge is 0.543 e. The zero-order chi connectivity index (χ0) is 20.3. The van der Waals surface area contributed by atoms with Gasteiger partial charge < -0.3 is 30.0 Å². The molecule has 9 heteroatoms. The minimum absolute atomic E-state index is 0. The molecule has 0 aliphatic heterocycles. The Kier molecular flexibility index (Phi) is 6.80. The van der Waals surface area contributed by atoms with Crippen LogP contribution >= 0.6 is 0 Å². The largest absolute Gasteiger partial charge is 2.00 e. The predicted molar refractivity (Wildman–Crippen MR) is 95.5 cm³/mol. The van der Waals surface area contributed by atoms with E-state index in [1.165, 1.54) is 36.4 Å². The molecule has 2 heterocycles. The number of aromatic nitrogens is 2. The van der Waals surface area contributed by atoms with Gasteiger partial charge in [0, 0.05) is 10.8 Å². The predicted octanol–water partition coefficient (Wildman–Crippen LogP) is 0.605. The average Bonchev–Trinajstić information content (AvgIpc) is 2.67. The van der Waals surface area contributed by atoms with Gasteiger partial charge in [-0.05, 0) is 48.5 Å². The van der Waals surface area contributed by atoms with Crippen molar-refractivity contribution in [2.45, 2.75) is 0 Å². The van der Waals surface area contributed by atoms with Crippen molar-refractivity contribution in [3.8, 4) is 11.5 Å². The van der Waals surface area contributed by atoms with Gasteiger partial charge in [-0.2, -0.15) is 0 Å². The SMILES string of the molecule is O=C([O-])c1ccc2cc(O)ccc2n1.O=C([O-])c1ccc2cc(O)ccc2n1.[Zn+2]. The van der Waals surface area contributed by atoms with Crippen LogP contribution in [-0.2, 0) is 19.5 Å². The van der Waals surface area contributed by atoms with Crippen LogP contribution in [0.4, 0.5) is 0 Å². The number of hydrogen-bond donors (Lipinski definition) is 2. The molecule has 0 fully saturated rings. The van der Waals surface area contributed by atoms with Crippen molar-refractivity contribution in [2.24, 2.45) is 0 Å². The van der Waals surface area contributed by atoms with E-state index >= 15 is 0 Å². The van der Waals surface area contributed by atoms with Gasteiger partial charge in [0.15, 0.2) is 0 Å². The number of nitrogens with zero attached hydrogens (tertiary/aromatic N) is 2. The molecule has 0 atom stereocenters. The molecule has 8 nitrogen and oxygen atoms in total. The van der Waals surface area contributed by atoms with E-state index in [1.54, 1.807) is 24.3 Å². The molecule has 0 bridgehead atoms. The molecule has 0 amide bonds. The van der Waals surface area contributed by atoms with Crippen LogP contribution in [0.15, 0.2) is 60.7 Å². The molecule has 0 saturated carbocycles. The number of aromatic carboxylic acids is 2. The van der Waals surface area contributed by atoms with E-state index in [-0.39, 0.29) is 42.4 Å². The zero-order valence-corrected chi connectivity index (χ0v) is 17.9. The topological polar surface area (TPSA) is 146 Å². The van der Waals surface area contributed by atoms with Gasteiger partial charge in [0.05, 0.1) is 34.4 Å². The molecule has 0 aliphatic rings. The molecular formula is C20H12N2O6Zn. The monoisotopic (exact) mass is 440 g/mol. The van der Waals surface area contributed by atoms with Crippen LogP contribution in [0.3, 0.4) is 0 Å². The molecule has 2 aromatic carbocycles. The number of carbonyl (C=O) groups excluding carboxylic acids is 2. The molecule has 0 unspecified atom stereocenters. The van der Waals surface area contributed by atoms with Gasteiger partial charge in [-0.15, -0.1) is 0 Å². The second-order valence-electron chi connectivity index (χ2n) is 5.72. The van der Waals surface area contributed by atoms with Crippen LogP contribution in [0, 0.1) is 0 Å². The average molecular weight is 442 g/mol. The quantitative estimate of drug-likeness (QED) is 0.430.